The Balaban J connectivity index is 1.35. The summed E-state index contributed by atoms with van der Waals surface area (Å²) < 4.78 is 5.66. The molecule has 1 atom stereocenters. The van der Waals surface area contributed by atoms with Crippen molar-refractivity contribution in [3.63, 3.8) is 0 Å². The predicted molar refractivity (Wildman–Crippen MR) is 122 cm³/mol. The quantitative estimate of drug-likeness (QED) is 0.579. The van der Waals surface area contributed by atoms with E-state index in [0.29, 0.717) is 6.54 Å². The van der Waals surface area contributed by atoms with Gasteiger partial charge in [-0.1, -0.05) is 43.3 Å². The van der Waals surface area contributed by atoms with Crippen LogP contribution in [0.2, 0.25) is 0 Å². The summed E-state index contributed by atoms with van der Waals surface area (Å²) in [4.78, 5) is 14.9. The predicted octanol–water partition coefficient (Wildman–Crippen LogP) is 4.61. The van der Waals surface area contributed by atoms with Gasteiger partial charge in [0, 0.05) is 19.6 Å². The molecular weight excluding hydrogens is 392 g/mol. The second-order valence-corrected chi connectivity index (χ2v) is 8.43. The lowest BCUT2D eigenvalue weighted by Crippen LogP contribution is -2.41. The van der Waals surface area contributed by atoms with Gasteiger partial charge in [0.05, 0.1) is 6.04 Å². The summed E-state index contributed by atoms with van der Waals surface area (Å²) in [6.45, 7) is 4.63. The lowest BCUT2D eigenvalue weighted by atomic mass is 9.97. The van der Waals surface area contributed by atoms with Gasteiger partial charge in [0.15, 0.2) is 6.61 Å². The maximum Gasteiger partial charge on any atom is 0.258 e. The first kappa shape index (κ1) is 20.6. The molecule has 1 N–H and O–H groups in total. The van der Waals surface area contributed by atoms with E-state index in [1.54, 1.807) is 11.3 Å². The molecule has 1 aliphatic heterocycles. The molecule has 0 spiro atoms. The van der Waals surface area contributed by atoms with Crippen molar-refractivity contribution in [1.29, 1.82) is 0 Å². The fourth-order valence-corrected chi connectivity index (χ4v) is 4.64. The van der Waals surface area contributed by atoms with Crippen molar-refractivity contribution in [3.05, 3.63) is 87.6 Å². The van der Waals surface area contributed by atoms with Crippen LogP contribution >= 0.6 is 11.3 Å². The Bertz CT molecular complexity index is 954. The van der Waals surface area contributed by atoms with Gasteiger partial charge >= 0.3 is 0 Å². The maximum atomic E-state index is 12.4. The topological polar surface area (TPSA) is 41.6 Å². The Morgan fingerprint density at radius 3 is 2.67 bits per heavy atom. The third-order valence-electron chi connectivity index (χ3n) is 5.72. The Hall–Kier alpha value is -2.63. The molecule has 4 rings (SSSR count). The first-order chi connectivity index (χ1) is 14.7. The second kappa shape index (κ2) is 9.92. The number of rotatable bonds is 8. The van der Waals surface area contributed by atoms with Crippen LogP contribution in [0.3, 0.4) is 0 Å². The van der Waals surface area contributed by atoms with Gasteiger partial charge in [0.2, 0.25) is 0 Å². The molecule has 3 aromatic rings. The van der Waals surface area contributed by atoms with E-state index in [1.807, 2.05) is 24.3 Å². The standard InChI is InChI=1S/C25H28N2O2S/c1-2-19-7-9-23(10-8-19)29-17-25(28)26-15-24(22-12-14-30-18-22)27-13-11-20-5-3-4-6-21(20)16-27/h3-10,12,14,18,24H,2,11,13,15-17H2,1H3,(H,26,28). The lowest BCUT2D eigenvalue weighted by Gasteiger charge is -2.35. The third-order valence-corrected chi connectivity index (χ3v) is 6.42. The molecule has 0 aliphatic carbocycles. The highest BCUT2D eigenvalue weighted by Gasteiger charge is 2.25. The van der Waals surface area contributed by atoms with Gasteiger partial charge in [-0.15, -0.1) is 0 Å². The monoisotopic (exact) mass is 420 g/mol. The highest BCUT2D eigenvalue weighted by atomic mass is 32.1. The Labute approximate surface area is 182 Å². The summed E-state index contributed by atoms with van der Waals surface area (Å²) in [6, 6.07) is 18.9. The van der Waals surface area contributed by atoms with E-state index in [4.69, 9.17) is 4.74 Å². The highest BCUT2D eigenvalue weighted by molar-refractivity contribution is 7.07. The molecular formula is C25H28N2O2S. The number of hydrogen-bond acceptors (Lipinski definition) is 4. The lowest BCUT2D eigenvalue weighted by molar-refractivity contribution is -0.123. The number of nitrogens with one attached hydrogen (secondary N) is 1. The number of benzene rings is 2. The smallest absolute Gasteiger partial charge is 0.258 e. The van der Waals surface area contributed by atoms with Gasteiger partial charge in [0.1, 0.15) is 5.75 Å². The molecule has 4 nitrogen and oxygen atoms in total. The molecule has 30 heavy (non-hydrogen) atoms. The maximum absolute atomic E-state index is 12.4. The van der Waals surface area contributed by atoms with Gasteiger partial charge in [-0.2, -0.15) is 11.3 Å². The largest absolute Gasteiger partial charge is 0.484 e. The molecule has 1 amide bonds. The first-order valence-electron chi connectivity index (χ1n) is 10.5. The van der Waals surface area contributed by atoms with Crippen LogP contribution in [0, 0.1) is 0 Å². The molecule has 0 bridgehead atoms. The number of nitrogens with zero attached hydrogens (tertiary/aromatic N) is 1. The van der Waals surface area contributed by atoms with Crippen molar-refractivity contribution < 1.29 is 9.53 Å². The molecule has 1 aromatic heterocycles. The number of aryl methyl sites for hydroxylation is 1. The normalized spacial score (nSPS) is 14.7. The third kappa shape index (κ3) is 5.10. The molecule has 0 saturated heterocycles. The minimum Gasteiger partial charge on any atom is -0.484 e. The van der Waals surface area contributed by atoms with Gasteiger partial charge in [-0.05, 0) is 64.1 Å². The number of ether oxygens (including phenoxy) is 1. The zero-order chi connectivity index (χ0) is 20.8. The summed E-state index contributed by atoms with van der Waals surface area (Å²) in [6.07, 6.45) is 2.04. The van der Waals surface area contributed by atoms with Crippen LogP contribution in [0.15, 0.2) is 65.4 Å². The molecule has 2 aromatic carbocycles. The van der Waals surface area contributed by atoms with E-state index in [1.165, 1.54) is 22.3 Å². The van der Waals surface area contributed by atoms with Crippen LogP contribution in [0.4, 0.5) is 0 Å². The van der Waals surface area contributed by atoms with E-state index < -0.39 is 0 Å². The van der Waals surface area contributed by atoms with E-state index in [2.05, 4.69) is 58.2 Å². The van der Waals surface area contributed by atoms with Crippen LogP contribution in [0.25, 0.3) is 0 Å². The molecule has 5 heteroatoms. The van der Waals surface area contributed by atoms with Crippen LogP contribution in [-0.4, -0.2) is 30.5 Å². The Morgan fingerprint density at radius 1 is 1.13 bits per heavy atom. The van der Waals surface area contributed by atoms with Crippen LogP contribution in [0.5, 0.6) is 5.75 Å². The van der Waals surface area contributed by atoms with Crippen LogP contribution in [0.1, 0.15) is 35.2 Å². The SMILES string of the molecule is CCc1ccc(OCC(=O)NCC(c2ccsc2)N2CCc3ccccc3C2)cc1. The number of fused-ring (bicyclic) bond motifs is 1. The Morgan fingerprint density at radius 2 is 1.93 bits per heavy atom. The summed E-state index contributed by atoms with van der Waals surface area (Å²) in [7, 11) is 0. The van der Waals surface area contributed by atoms with E-state index in [0.717, 1.165) is 31.7 Å². The summed E-state index contributed by atoms with van der Waals surface area (Å²) >= 11 is 1.70. The summed E-state index contributed by atoms with van der Waals surface area (Å²) in [5, 5.41) is 7.37. The average Bonchev–Trinajstić information content (AvgIpc) is 3.32. The molecule has 156 valence electrons. The van der Waals surface area contributed by atoms with Crippen molar-refractivity contribution in [3.8, 4) is 5.75 Å². The minimum atomic E-state index is -0.0905. The van der Waals surface area contributed by atoms with Gasteiger partial charge in [-0.25, -0.2) is 0 Å². The molecule has 1 unspecified atom stereocenters. The molecule has 1 aliphatic rings. The first-order valence-corrected chi connectivity index (χ1v) is 11.5. The van der Waals surface area contributed by atoms with Gasteiger partial charge in [0.25, 0.3) is 5.91 Å². The zero-order valence-corrected chi connectivity index (χ0v) is 18.2. The fourth-order valence-electron chi connectivity index (χ4n) is 3.94. The van der Waals surface area contributed by atoms with Crippen LogP contribution < -0.4 is 10.1 Å². The van der Waals surface area contributed by atoms with E-state index in [-0.39, 0.29) is 18.6 Å². The molecule has 2 heterocycles. The number of thiophene rings is 1. The number of amides is 1. The Kier molecular flexibility index (Phi) is 6.82. The van der Waals surface area contributed by atoms with Crippen molar-refractivity contribution >= 4 is 17.2 Å². The molecule has 0 radical (unpaired) electrons. The minimum absolute atomic E-state index is 0.0324. The van der Waals surface area contributed by atoms with Crippen molar-refractivity contribution in [1.82, 2.24) is 10.2 Å². The van der Waals surface area contributed by atoms with Gasteiger partial charge in [-0.3, -0.25) is 9.69 Å². The average molecular weight is 421 g/mol. The molecule has 0 fully saturated rings. The highest BCUT2D eigenvalue weighted by Crippen LogP contribution is 2.28. The van der Waals surface area contributed by atoms with Crippen molar-refractivity contribution in [2.24, 2.45) is 0 Å². The van der Waals surface area contributed by atoms with Crippen molar-refractivity contribution in [2.75, 3.05) is 19.7 Å². The van der Waals surface area contributed by atoms with Gasteiger partial charge < -0.3 is 10.1 Å². The zero-order valence-electron chi connectivity index (χ0n) is 17.3. The van der Waals surface area contributed by atoms with E-state index in [9.17, 15) is 4.79 Å². The summed E-state index contributed by atoms with van der Waals surface area (Å²) in [5.41, 5.74) is 5.34. The van der Waals surface area contributed by atoms with E-state index >= 15 is 0 Å². The van der Waals surface area contributed by atoms with Crippen molar-refractivity contribution in [2.45, 2.75) is 32.4 Å². The fraction of sp³-hybridized carbons (Fsp3) is 0.320. The molecule has 0 saturated carbocycles. The number of carbonyl (C=O) groups is 1. The van der Waals surface area contributed by atoms with Crippen LogP contribution in [-0.2, 0) is 24.2 Å². The second-order valence-electron chi connectivity index (χ2n) is 7.65. The summed E-state index contributed by atoms with van der Waals surface area (Å²) in [5.74, 6) is 0.636. The number of hydrogen-bond donors (Lipinski definition) is 1. The number of carbonyl (C=O) groups excluding carboxylic acids is 1.